The van der Waals surface area contributed by atoms with Gasteiger partial charge in [0.15, 0.2) is 0 Å². The second-order valence-electron chi connectivity index (χ2n) is 5.13. The van der Waals surface area contributed by atoms with Crippen LogP contribution in [-0.2, 0) is 4.74 Å². The molecule has 2 rings (SSSR count). The van der Waals surface area contributed by atoms with Crippen LogP contribution in [0.25, 0.3) is 11.3 Å². The number of rotatable bonds is 1. The van der Waals surface area contributed by atoms with E-state index in [-0.39, 0.29) is 0 Å². The lowest BCUT2D eigenvalue weighted by Gasteiger charge is -2.18. The van der Waals surface area contributed by atoms with E-state index < -0.39 is 11.7 Å². The van der Waals surface area contributed by atoms with Crippen molar-refractivity contribution in [3.8, 4) is 11.3 Å². The van der Waals surface area contributed by atoms with Crippen molar-refractivity contribution in [2.75, 3.05) is 0 Å². The van der Waals surface area contributed by atoms with Crippen molar-refractivity contribution in [1.29, 1.82) is 0 Å². The van der Waals surface area contributed by atoms with E-state index in [0.29, 0.717) is 0 Å². The van der Waals surface area contributed by atoms with Crippen LogP contribution in [0.1, 0.15) is 20.8 Å². The Morgan fingerprint density at radius 3 is 2.42 bits per heavy atom. The van der Waals surface area contributed by atoms with Gasteiger partial charge in [-0.2, -0.15) is 9.78 Å². The van der Waals surface area contributed by atoms with E-state index in [0.717, 1.165) is 15.7 Å². The molecule has 0 radical (unpaired) electrons. The third-order valence-corrected chi connectivity index (χ3v) is 2.84. The Morgan fingerprint density at radius 1 is 1.21 bits per heavy atom. The monoisotopic (exact) mass is 322 g/mol. The van der Waals surface area contributed by atoms with Crippen LogP contribution >= 0.6 is 15.9 Å². The van der Waals surface area contributed by atoms with Gasteiger partial charge < -0.3 is 4.74 Å². The maximum absolute atomic E-state index is 11.8. The topological polar surface area (TPSA) is 44.1 Å². The zero-order valence-electron chi connectivity index (χ0n) is 11.1. The van der Waals surface area contributed by atoms with Crippen molar-refractivity contribution in [3.05, 3.63) is 41.0 Å². The van der Waals surface area contributed by atoms with E-state index >= 15 is 0 Å². The first-order valence-electron chi connectivity index (χ1n) is 5.90. The minimum Gasteiger partial charge on any atom is -0.442 e. The molecule has 2 aromatic rings. The molecule has 0 aliphatic heterocycles. The van der Waals surface area contributed by atoms with Crippen LogP contribution in [-0.4, -0.2) is 21.5 Å². The number of carbonyl (C=O) groups is 1. The largest absolute Gasteiger partial charge is 0.442 e. The van der Waals surface area contributed by atoms with Gasteiger partial charge in [0.25, 0.3) is 0 Å². The predicted molar refractivity (Wildman–Crippen MR) is 77.0 cm³/mol. The van der Waals surface area contributed by atoms with Gasteiger partial charge in [-0.3, -0.25) is 0 Å². The molecule has 1 aromatic heterocycles. The van der Waals surface area contributed by atoms with Crippen LogP contribution in [0.4, 0.5) is 4.79 Å². The van der Waals surface area contributed by atoms with Gasteiger partial charge in [-0.1, -0.05) is 28.1 Å². The van der Waals surface area contributed by atoms with Crippen molar-refractivity contribution in [3.63, 3.8) is 0 Å². The maximum atomic E-state index is 11.8. The first-order chi connectivity index (χ1) is 8.85. The zero-order valence-corrected chi connectivity index (χ0v) is 12.6. The van der Waals surface area contributed by atoms with Gasteiger partial charge in [0, 0.05) is 16.2 Å². The van der Waals surface area contributed by atoms with E-state index in [1.54, 1.807) is 12.3 Å². The number of nitrogens with zero attached hydrogens (tertiary/aromatic N) is 2. The fourth-order valence-electron chi connectivity index (χ4n) is 1.51. The highest BCUT2D eigenvalue weighted by Gasteiger charge is 2.18. The Balaban J connectivity index is 2.19. The normalized spacial score (nSPS) is 11.4. The number of benzene rings is 1. The molecule has 0 aliphatic carbocycles. The number of hydrogen-bond acceptors (Lipinski definition) is 3. The first kappa shape index (κ1) is 13.8. The van der Waals surface area contributed by atoms with E-state index in [2.05, 4.69) is 21.0 Å². The summed E-state index contributed by atoms with van der Waals surface area (Å²) in [6.45, 7) is 5.47. The Bertz CT molecular complexity index is 582. The second kappa shape index (κ2) is 5.17. The molecule has 0 saturated carbocycles. The third-order valence-electron chi connectivity index (χ3n) is 2.31. The molecule has 0 bridgehead atoms. The smallest absolute Gasteiger partial charge is 0.435 e. The Hall–Kier alpha value is -1.62. The molecule has 0 fully saturated rings. The van der Waals surface area contributed by atoms with Crippen LogP contribution in [0, 0.1) is 0 Å². The lowest BCUT2D eigenvalue weighted by molar-refractivity contribution is 0.0515. The Labute approximate surface area is 120 Å². The zero-order chi connectivity index (χ0) is 14.0. The molecule has 5 heteroatoms. The number of carbonyl (C=O) groups excluding carboxylic acids is 1. The predicted octanol–water partition coefficient (Wildman–Crippen LogP) is 4.10. The molecule has 1 heterocycles. The maximum Gasteiger partial charge on any atom is 0.435 e. The highest BCUT2D eigenvalue weighted by atomic mass is 79.9. The van der Waals surface area contributed by atoms with Gasteiger partial charge in [0.2, 0.25) is 0 Å². The SMILES string of the molecule is CC(C)(C)OC(=O)n1ccc(-c2ccc(Br)cc2)n1. The van der Waals surface area contributed by atoms with Gasteiger partial charge in [-0.15, -0.1) is 0 Å². The van der Waals surface area contributed by atoms with Crippen molar-refractivity contribution >= 4 is 22.0 Å². The molecule has 0 amide bonds. The standard InChI is InChI=1S/C14H15BrN2O2/c1-14(2,3)19-13(18)17-9-8-12(16-17)10-4-6-11(15)7-5-10/h4-9H,1-3H3. The lowest BCUT2D eigenvalue weighted by atomic mass is 10.2. The highest BCUT2D eigenvalue weighted by molar-refractivity contribution is 9.10. The molecule has 1 aromatic carbocycles. The highest BCUT2D eigenvalue weighted by Crippen LogP contribution is 2.20. The molecule has 0 unspecified atom stereocenters. The lowest BCUT2D eigenvalue weighted by Crippen LogP contribution is -2.27. The third kappa shape index (κ3) is 3.67. The fourth-order valence-corrected chi connectivity index (χ4v) is 1.77. The average molecular weight is 323 g/mol. The van der Waals surface area contributed by atoms with E-state index in [4.69, 9.17) is 4.74 Å². The molecule has 0 saturated heterocycles. The minimum absolute atomic E-state index is 0.476. The Morgan fingerprint density at radius 2 is 1.84 bits per heavy atom. The summed E-state index contributed by atoms with van der Waals surface area (Å²) < 4.78 is 7.46. The summed E-state index contributed by atoms with van der Waals surface area (Å²) in [4.78, 5) is 11.8. The summed E-state index contributed by atoms with van der Waals surface area (Å²) in [5, 5.41) is 4.22. The number of aromatic nitrogens is 2. The van der Waals surface area contributed by atoms with Gasteiger partial charge in [-0.25, -0.2) is 4.79 Å². The summed E-state index contributed by atoms with van der Waals surface area (Å²) in [5.74, 6) is 0. The van der Waals surface area contributed by atoms with Gasteiger partial charge >= 0.3 is 6.09 Å². The van der Waals surface area contributed by atoms with E-state index in [1.807, 2.05) is 45.0 Å². The van der Waals surface area contributed by atoms with Crippen LogP contribution in [0.2, 0.25) is 0 Å². The summed E-state index contributed by atoms with van der Waals surface area (Å²) in [5.41, 5.74) is 1.16. The summed E-state index contributed by atoms with van der Waals surface area (Å²) in [7, 11) is 0. The Kier molecular flexibility index (Phi) is 3.75. The minimum atomic E-state index is -0.527. The van der Waals surface area contributed by atoms with E-state index in [9.17, 15) is 4.79 Å². The van der Waals surface area contributed by atoms with Crippen molar-refractivity contribution in [1.82, 2.24) is 9.78 Å². The van der Waals surface area contributed by atoms with Crippen molar-refractivity contribution in [2.24, 2.45) is 0 Å². The molecular weight excluding hydrogens is 308 g/mol. The quantitative estimate of drug-likeness (QED) is 0.794. The second-order valence-corrected chi connectivity index (χ2v) is 6.05. The molecule has 19 heavy (non-hydrogen) atoms. The number of hydrogen-bond donors (Lipinski definition) is 0. The first-order valence-corrected chi connectivity index (χ1v) is 6.69. The molecule has 0 N–H and O–H groups in total. The van der Waals surface area contributed by atoms with Crippen molar-refractivity contribution < 1.29 is 9.53 Å². The molecule has 0 atom stereocenters. The summed E-state index contributed by atoms with van der Waals surface area (Å²) in [6.07, 6.45) is 1.13. The van der Waals surface area contributed by atoms with Gasteiger partial charge in [-0.05, 0) is 39.0 Å². The average Bonchev–Trinajstić information content (AvgIpc) is 2.77. The van der Waals surface area contributed by atoms with Crippen LogP contribution in [0.5, 0.6) is 0 Å². The molecule has 0 aliphatic rings. The van der Waals surface area contributed by atoms with Gasteiger partial charge in [0.1, 0.15) is 5.60 Å². The van der Waals surface area contributed by atoms with Gasteiger partial charge in [0.05, 0.1) is 5.69 Å². The van der Waals surface area contributed by atoms with E-state index in [1.165, 1.54) is 4.68 Å². The van der Waals surface area contributed by atoms with Crippen LogP contribution in [0.3, 0.4) is 0 Å². The summed E-state index contributed by atoms with van der Waals surface area (Å²) >= 11 is 3.38. The molecular formula is C14H15BrN2O2. The molecule has 100 valence electrons. The van der Waals surface area contributed by atoms with Crippen LogP contribution < -0.4 is 0 Å². The molecule has 4 nitrogen and oxygen atoms in total. The number of ether oxygens (including phenoxy) is 1. The van der Waals surface area contributed by atoms with Crippen molar-refractivity contribution in [2.45, 2.75) is 26.4 Å². The fraction of sp³-hybridized carbons (Fsp3) is 0.286. The molecule has 0 spiro atoms. The summed E-state index contributed by atoms with van der Waals surface area (Å²) in [6, 6.07) is 9.52. The van der Waals surface area contributed by atoms with Crippen LogP contribution in [0.15, 0.2) is 41.0 Å². The number of halogens is 1.